The van der Waals surface area contributed by atoms with Gasteiger partial charge in [0.1, 0.15) is 17.2 Å². The summed E-state index contributed by atoms with van der Waals surface area (Å²) in [7, 11) is 1.64. The fourth-order valence-corrected chi connectivity index (χ4v) is 2.18. The second-order valence-electron chi connectivity index (χ2n) is 4.07. The normalized spacial score (nSPS) is 10.3. The molecular formula is C15H16BrNO2. The fraction of sp³-hybridized carbons (Fsp3) is 0.200. The maximum Gasteiger partial charge on any atom is 0.130 e. The monoisotopic (exact) mass is 321 g/mol. The molecule has 0 unspecified atom stereocenters. The number of hydrogen-bond acceptors (Lipinski definition) is 3. The van der Waals surface area contributed by atoms with Gasteiger partial charge in [-0.1, -0.05) is 15.9 Å². The molecular weight excluding hydrogens is 306 g/mol. The quantitative estimate of drug-likeness (QED) is 0.912. The SMILES string of the molecule is COc1ccc(Oc2ccc(Br)cc2CCN)cc1. The smallest absolute Gasteiger partial charge is 0.130 e. The van der Waals surface area contributed by atoms with E-state index < -0.39 is 0 Å². The molecule has 0 aromatic heterocycles. The van der Waals surface area contributed by atoms with Gasteiger partial charge in [0, 0.05) is 4.47 Å². The van der Waals surface area contributed by atoms with E-state index in [4.69, 9.17) is 15.2 Å². The van der Waals surface area contributed by atoms with Gasteiger partial charge in [0.05, 0.1) is 7.11 Å². The first kappa shape index (κ1) is 13.9. The first-order valence-electron chi connectivity index (χ1n) is 6.03. The number of hydrogen-bond donors (Lipinski definition) is 1. The Hall–Kier alpha value is -1.52. The Kier molecular flexibility index (Phi) is 4.82. The van der Waals surface area contributed by atoms with Crippen molar-refractivity contribution in [1.82, 2.24) is 0 Å². The van der Waals surface area contributed by atoms with E-state index in [9.17, 15) is 0 Å². The molecule has 0 radical (unpaired) electrons. The zero-order valence-corrected chi connectivity index (χ0v) is 12.3. The predicted molar refractivity (Wildman–Crippen MR) is 80.0 cm³/mol. The van der Waals surface area contributed by atoms with Gasteiger partial charge in [-0.15, -0.1) is 0 Å². The molecule has 0 amide bonds. The summed E-state index contributed by atoms with van der Waals surface area (Å²) in [5.74, 6) is 2.42. The van der Waals surface area contributed by atoms with Crippen molar-refractivity contribution in [2.24, 2.45) is 5.73 Å². The van der Waals surface area contributed by atoms with Crippen LogP contribution >= 0.6 is 15.9 Å². The molecule has 3 nitrogen and oxygen atoms in total. The lowest BCUT2D eigenvalue weighted by Gasteiger charge is -2.11. The zero-order chi connectivity index (χ0) is 13.7. The standard InChI is InChI=1S/C15H16BrNO2/c1-18-13-3-5-14(6-4-13)19-15-7-2-12(16)10-11(15)8-9-17/h2-7,10H,8-9,17H2,1H3. The van der Waals surface area contributed by atoms with Crippen LogP contribution in [0.4, 0.5) is 0 Å². The van der Waals surface area contributed by atoms with E-state index >= 15 is 0 Å². The molecule has 2 N–H and O–H groups in total. The molecule has 0 spiro atoms. The van der Waals surface area contributed by atoms with Crippen LogP contribution in [0.1, 0.15) is 5.56 Å². The van der Waals surface area contributed by atoms with Gasteiger partial charge in [0.25, 0.3) is 0 Å². The summed E-state index contributed by atoms with van der Waals surface area (Å²) in [6.45, 7) is 0.593. The van der Waals surface area contributed by atoms with Gasteiger partial charge in [-0.05, 0) is 61.0 Å². The Bertz CT molecular complexity index is 540. The van der Waals surface area contributed by atoms with Crippen molar-refractivity contribution in [2.75, 3.05) is 13.7 Å². The van der Waals surface area contributed by atoms with Crippen LogP contribution in [0.3, 0.4) is 0 Å². The third-order valence-corrected chi connectivity index (χ3v) is 3.22. The van der Waals surface area contributed by atoms with Crippen LogP contribution in [-0.4, -0.2) is 13.7 Å². The van der Waals surface area contributed by atoms with Crippen molar-refractivity contribution in [2.45, 2.75) is 6.42 Å². The molecule has 0 saturated heterocycles. The highest BCUT2D eigenvalue weighted by Gasteiger charge is 2.05. The van der Waals surface area contributed by atoms with Gasteiger partial charge in [0.2, 0.25) is 0 Å². The molecule has 0 bridgehead atoms. The van der Waals surface area contributed by atoms with Crippen molar-refractivity contribution < 1.29 is 9.47 Å². The minimum atomic E-state index is 0.593. The Morgan fingerprint density at radius 3 is 2.37 bits per heavy atom. The maximum absolute atomic E-state index is 5.88. The third-order valence-electron chi connectivity index (χ3n) is 2.72. The number of rotatable bonds is 5. The van der Waals surface area contributed by atoms with Crippen LogP contribution in [0.15, 0.2) is 46.9 Å². The lowest BCUT2D eigenvalue weighted by Crippen LogP contribution is -2.04. The van der Waals surface area contributed by atoms with E-state index in [0.29, 0.717) is 6.54 Å². The predicted octanol–water partition coefficient (Wildman–Crippen LogP) is 3.75. The lowest BCUT2D eigenvalue weighted by atomic mass is 10.1. The van der Waals surface area contributed by atoms with E-state index in [1.165, 1.54) is 0 Å². The van der Waals surface area contributed by atoms with E-state index in [1.807, 2.05) is 42.5 Å². The first-order valence-corrected chi connectivity index (χ1v) is 6.82. The molecule has 0 heterocycles. The van der Waals surface area contributed by atoms with Gasteiger partial charge >= 0.3 is 0 Å². The molecule has 100 valence electrons. The van der Waals surface area contributed by atoms with Crippen LogP contribution in [0, 0.1) is 0 Å². The first-order chi connectivity index (χ1) is 9.22. The molecule has 2 aromatic rings. The second-order valence-corrected chi connectivity index (χ2v) is 4.98. The molecule has 0 aliphatic rings. The van der Waals surface area contributed by atoms with Gasteiger partial charge in [0.15, 0.2) is 0 Å². The summed E-state index contributed by atoms with van der Waals surface area (Å²) in [5, 5.41) is 0. The Morgan fingerprint density at radius 1 is 1.05 bits per heavy atom. The molecule has 0 atom stereocenters. The minimum Gasteiger partial charge on any atom is -0.497 e. The van der Waals surface area contributed by atoms with Gasteiger partial charge in [-0.25, -0.2) is 0 Å². The Balaban J connectivity index is 2.21. The third kappa shape index (κ3) is 3.72. The van der Waals surface area contributed by atoms with Crippen LogP contribution < -0.4 is 15.2 Å². The van der Waals surface area contributed by atoms with Crippen LogP contribution in [-0.2, 0) is 6.42 Å². The van der Waals surface area contributed by atoms with Gasteiger partial charge in [-0.3, -0.25) is 0 Å². The molecule has 2 rings (SSSR count). The zero-order valence-electron chi connectivity index (χ0n) is 10.7. The van der Waals surface area contributed by atoms with E-state index in [0.717, 1.165) is 33.7 Å². The summed E-state index contributed by atoms with van der Waals surface area (Å²) in [4.78, 5) is 0. The average Bonchev–Trinajstić information content (AvgIpc) is 2.43. The number of ether oxygens (including phenoxy) is 2. The van der Waals surface area contributed by atoms with E-state index in [-0.39, 0.29) is 0 Å². The molecule has 2 aromatic carbocycles. The topological polar surface area (TPSA) is 44.5 Å². The summed E-state index contributed by atoms with van der Waals surface area (Å²) in [6, 6.07) is 13.4. The number of benzene rings is 2. The van der Waals surface area contributed by atoms with E-state index in [1.54, 1.807) is 7.11 Å². The van der Waals surface area contributed by atoms with Crippen LogP contribution in [0.2, 0.25) is 0 Å². The number of nitrogens with two attached hydrogens (primary N) is 1. The van der Waals surface area contributed by atoms with Crippen molar-refractivity contribution in [1.29, 1.82) is 0 Å². The van der Waals surface area contributed by atoms with Crippen molar-refractivity contribution in [3.8, 4) is 17.2 Å². The average molecular weight is 322 g/mol. The van der Waals surface area contributed by atoms with Crippen molar-refractivity contribution in [3.05, 3.63) is 52.5 Å². The molecule has 0 saturated carbocycles. The molecule has 0 aliphatic heterocycles. The molecule has 19 heavy (non-hydrogen) atoms. The maximum atomic E-state index is 5.88. The Labute approximate surface area is 121 Å². The highest BCUT2D eigenvalue weighted by molar-refractivity contribution is 9.10. The largest absolute Gasteiger partial charge is 0.497 e. The van der Waals surface area contributed by atoms with Crippen molar-refractivity contribution >= 4 is 15.9 Å². The van der Waals surface area contributed by atoms with E-state index in [2.05, 4.69) is 15.9 Å². The number of methoxy groups -OCH3 is 1. The molecule has 0 fully saturated rings. The lowest BCUT2D eigenvalue weighted by molar-refractivity contribution is 0.412. The van der Waals surface area contributed by atoms with Crippen molar-refractivity contribution in [3.63, 3.8) is 0 Å². The molecule has 4 heteroatoms. The summed E-state index contributed by atoms with van der Waals surface area (Å²) < 4.78 is 12.0. The minimum absolute atomic E-state index is 0.593. The van der Waals surface area contributed by atoms with Gasteiger partial charge in [-0.2, -0.15) is 0 Å². The van der Waals surface area contributed by atoms with Crippen LogP contribution in [0.5, 0.6) is 17.2 Å². The van der Waals surface area contributed by atoms with Gasteiger partial charge < -0.3 is 15.2 Å². The summed E-state index contributed by atoms with van der Waals surface area (Å²) in [5.41, 5.74) is 6.71. The summed E-state index contributed by atoms with van der Waals surface area (Å²) >= 11 is 3.46. The van der Waals surface area contributed by atoms with Crippen LogP contribution in [0.25, 0.3) is 0 Å². The fourth-order valence-electron chi connectivity index (χ4n) is 1.77. The highest BCUT2D eigenvalue weighted by Crippen LogP contribution is 2.29. The molecule has 0 aliphatic carbocycles. The summed E-state index contributed by atoms with van der Waals surface area (Å²) in [6.07, 6.45) is 0.783. The Morgan fingerprint density at radius 2 is 1.74 bits per heavy atom. The second kappa shape index (κ2) is 6.59. The number of halogens is 1. The highest BCUT2D eigenvalue weighted by atomic mass is 79.9.